The molecule has 0 amide bonds. The highest BCUT2D eigenvalue weighted by Crippen LogP contribution is 2.24. The third-order valence-corrected chi connectivity index (χ3v) is 4.83. The third kappa shape index (κ3) is 4.55. The second-order valence-electron chi connectivity index (χ2n) is 7.57. The van der Waals surface area contributed by atoms with Crippen LogP contribution < -0.4 is 5.69 Å². The molecule has 0 saturated heterocycles. The first kappa shape index (κ1) is 20.2. The molecule has 2 heterocycles. The van der Waals surface area contributed by atoms with Gasteiger partial charge in [0, 0.05) is 5.38 Å². The lowest BCUT2D eigenvalue weighted by Crippen LogP contribution is -2.38. The van der Waals surface area contributed by atoms with Crippen molar-refractivity contribution < 1.29 is 14.6 Å². The average molecular weight is 381 g/mol. The van der Waals surface area contributed by atoms with E-state index in [-0.39, 0.29) is 18.3 Å². The summed E-state index contributed by atoms with van der Waals surface area (Å²) >= 11 is 1.52. The third-order valence-electron chi connectivity index (χ3n) is 3.78. The van der Waals surface area contributed by atoms with E-state index in [1.54, 1.807) is 20.8 Å². The SMILES string of the molecule is CCc1nc(Cn2c(O)cn([C@H](C(=O)OC(C)(C)C)C(C)C)c2=O)cs1. The molecule has 1 N–H and O–H groups in total. The number of aromatic hydroxyl groups is 1. The Morgan fingerprint density at radius 1 is 1.38 bits per heavy atom. The second kappa shape index (κ2) is 7.65. The first-order valence-electron chi connectivity index (χ1n) is 8.70. The van der Waals surface area contributed by atoms with Gasteiger partial charge in [-0.25, -0.2) is 14.6 Å². The van der Waals surface area contributed by atoms with Gasteiger partial charge in [0.15, 0.2) is 0 Å². The predicted molar refractivity (Wildman–Crippen MR) is 101 cm³/mol. The molecule has 0 aliphatic rings. The Balaban J connectivity index is 2.36. The van der Waals surface area contributed by atoms with Gasteiger partial charge in [0.05, 0.1) is 23.4 Å². The topological polar surface area (TPSA) is 86.3 Å². The lowest BCUT2D eigenvalue weighted by Gasteiger charge is -2.26. The van der Waals surface area contributed by atoms with Gasteiger partial charge in [-0.1, -0.05) is 20.8 Å². The number of carbonyl (C=O) groups excluding carboxylic acids is 1. The molecule has 0 aliphatic carbocycles. The van der Waals surface area contributed by atoms with Crippen LogP contribution in [0.4, 0.5) is 0 Å². The monoisotopic (exact) mass is 381 g/mol. The van der Waals surface area contributed by atoms with Crippen LogP contribution in [0.25, 0.3) is 0 Å². The molecule has 2 rings (SSSR count). The van der Waals surface area contributed by atoms with Gasteiger partial charge in [-0.3, -0.25) is 9.13 Å². The molecule has 0 aromatic carbocycles. The van der Waals surface area contributed by atoms with Crippen molar-refractivity contribution >= 4 is 17.3 Å². The number of ether oxygens (including phenoxy) is 1. The van der Waals surface area contributed by atoms with E-state index in [1.165, 1.54) is 26.7 Å². The molecule has 0 unspecified atom stereocenters. The Bertz CT molecular complexity index is 826. The minimum atomic E-state index is -0.810. The highest BCUT2D eigenvalue weighted by molar-refractivity contribution is 7.09. The van der Waals surface area contributed by atoms with Gasteiger partial charge in [0.2, 0.25) is 5.88 Å². The van der Waals surface area contributed by atoms with E-state index in [0.717, 1.165) is 11.4 Å². The zero-order chi connectivity index (χ0) is 19.6. The summed E-state index contributed by atoms with van der Waals surface area (Å²) in [4.78, 5) is 29.8. The van der Waals surface area contributed by atoms with Crippen molar-refractivity contribution in [3.63, 3.8) is 0 Å². The van der Waals surface area contributed by atoms with E-state index < -0.39 is 23.3 Å². The van der Waals surface area contributed by atoms with Gasteiger partial charge < -0.3 is 9.84 Å². The number of aryl methyl sites for hydroxylation is 1. The summed E-state index contributed by atoms with van der Waals surface area (Å²) in [6.45, 7) is 11.2. The summed E-state index contributed by atoms with van der Waals surface area (Å²) in [6.07, 6.45) is 2.12. The zero-order valence-electron chi connectivity index (χ0n) is 16.1. The molecule has 0 aliphatic heterocycles. The van der Waals surface area contributed by atoms with Crippen molar-refractivity contribution in [2.24, 2.45) is 5.92 Å². The van der Waals surface area contributed by atoms with Crippen molar-refractivity contribution in [3.05, 3.63) is 32.8 Å². The fraction of sp³-hybridized carbons (Fsp3) is 0.611. The molecule has 144 valence electrons. The molecule has 0 spiro atoms. The zero-order valence-corrected chi connectivity index (χ0v) is 17.0. The molecule has 1 atom stereocenters. The first-order chi connectivity index (χ1) is 12.0. The van der Waals surface area contributed by atoms with E-state index in [0.29, 0.717) is 5.69 Å². The summed E-state index contributed by atoms with van der Waals surface area (Å²) in [5.41, 5.74) is -0.409. The Hall–Kier alpha value is -2.09. The number of imidazole rings is 1. The summed E-state index contributed by atoms with van der Waals surface area (Å²) in [7, 11) is 0. The lowest BCUT2D eigenvalue weighted by molar-refractivity contribution is -0.160. The Kier molecular flexibility index (Phi) is 5.95. The fourth-order valence-corrected chi connectivity index (χ4v) is 3.39. The molecule has 0 bridgehead atoms. The van der Waals surface area contributed by atoms with E-state index in [4.69, 9.17) is 4.74 Å². The van der Waals surface area contributed by atoms with Crippen LogP contribution in [0.1, 0.15) is 58.3 Å². The number of rotatable bonds is 6. The van der Waals surface area contributed by atoms with E-state index >= 15 is 0 Å². The molecule has 0 fully saturated rings. The molecule has 0 saturated carbocycles. The predicted octanol–water partition coefficient (Wildman–Crippen LogP) is 2.96. The van der Waals surface area contributed by atoms with Gasteiger partial charge in [0.1, 0.15) is 11.6 Å². The highest BCUT2D eigenvalue weighted by Gasteiger charge is 2.32. The van der Waals surface area contributed by atoms with Crippen LogP contribution in [-0.2, 0) is 22.5 Å². The molecule has 8 heteroatoms. The van der Waals surface area contributed by atoms with Crippen molar-refractivity contribution in [1.82, 2.24) is 14.1 Å². The number of hydrogen-bond donors (Lipinski definition) is 1. The van der Waals surface area contributed by atoms with Crippen LogP contribution in [0.5, 0.6) is 5.88 Å². The minimum Gasteiger partial charge on any atom is -0.493 e. The molecular weight excluding hydrogens is 354 g/mol. The summed E-state index contributed by atoms with van der Waals surface area (Å²) in [5, 5.41) is 13.1. The summed E-state index contributed by atoms with van der Waals surface area (Å²) < 4.78 is 7.92. The molecule has 2 aromatic rings. The van der Waals surface area contributed by atoms with Crippen molar-refractivity contribution in [2.75, 3.05) is 0 Å². The maximum atomic E-state index is 12.8. The number of aromatic nitrogens is 3. The summed E-state index contributed by atoms with van der Waals surface area (Å²) in [6, 6.07) is -0.810. The largest absolute Gasteiger partial charge is 0.493 e. The van der Waals surface area contributed by atoms with Crippen molar-refractivity contribution in [2.45, 2.75) is 66.2 Å². The highest BCUT2D eigenvalue weighted by atomic mass is 32.1. The number of carbonyl (C=O) groups is 1. The van der Waals surface area contributed by atoms with E-state index in [1.807, 2.05) is 26.2 Å². The lowest BCUT2D eigenvalue weighted by atomic mass is 10.0. The molecular formula is C18H27N3O4S. The normalized spacial score (nSPS) is 13.2. The number of thiazole rings is 1. The van der Waals surface area contributed by atoms with Crippen LogP contribution in [0.2, 0.25) is 0 Å². The minimum absolute atomic E-state index is 0.160. The van der Waals surface area contributed by atoms with E-state index in [2.05, 4.69) is 4.98 Å². The van der Waals surface area contributed by atoms with Gasteiger partial charge in [-0.05, 0) is 33.1 Å². The van der Waals surface area contributed by atoms with Gasteiger partial charge in [-0.2, -0.15) is 0 Å². The van der Waals surface area contributed by atoms with Crippen molar-refractivity contribution in [1.29, 1.82) is 0 Å². The molecule has 7 nitrogen and oxygen atoms in total. The van der Waals surface area contributed by atoms with E-state index in [9.17, 15) is 14.7 Å². The number of esters is 1. The number of hydrogen-bond acceptors (Lipinski definition) is 6. The number of nitrogens with zero attached hydrogens (tertiary/aromatic N) is 3. The average Bonchev–Trinajstić information content (AvgIpc) is 3.06. The van der Waals surface area contributed by atoms with Crippen LogP contribution in [0, 0.1) is 5.92 Å². The van der Waals surface area contributed by atoms with Crippen LogP contribution in [0.3, 0.4) is 0 Å². The molecule has 0 radical (unpaired) electrons. The smallest absolute Gasteiger partial charge is 0.332 e. The standard InChI is InChI=1S/C18H27N3O4S/c1-7-13-19-12(10-26-13)8-20-14(22)9-21(17(20)24)15(11(2)3)16(23)25-18(4,5)6/h9-11,15,22H,7-8H2,1-6H3/t15-/m0/s1. The molecule has 2 aromatic heterocycles. The Morgan fingerprint density at radius 2 is 2.04 bits per heavy atom. The maximum Gasteiger partial charge on any atom is 0.332 e. The summed E-state index contributed by atoms with van der Waals surface area (Å²) in [5.74, 6) is -0.868. The van der Waals surface area contributed by atoms with Crippen LogP contribution in [0.15, 0.2) is 16.4 Å². The van der Waals surface area contributed by atoms with Gasteiger partial charge in [-0.15, -0.1) is 11.3 Å². The Morgan fingerprint density at radius 3 is 2.54 bits per heavy atom. The van der Waals surface area contributed by atoms with Crippen LogP contribution >= 0.6 is 11.3 Å². The molecule has 26 heavy (non-hydrogen) atoms. The van der Waals surface area contributed by atoms with Gasteiger partial charge >= 0.3 is 11.7 Å². The quantitative estimate of drug-likeness (QED) is 0.778. The second-order valence-corrected chi connectivity index (χ2v) is 8.51. The van der Waals surface area contributed by atoms with Crippen LogP contribution in [-0.4, -0.2) is 30.8 Å². The first-order valence-corrected chi connectivity index (χ1v) is 9.58. The van der Waals surface area contributed by atoms with Crippen molar-refractivity contribution in [3.8, 4) is 5.88 Å². The Labute approximate surface area is 157 Å². The maximum absolute atomic E-state index is 12.8. The fourth-order valence-electron chi connectivity index (χ4n) is 2.65. The van der Waals surface area contributed by atoms with Gasteiger partial charge in [0.25, 0.3) is 0 Å².